The van der Waals surface area contributed by atoms with Gasteiger partial charge in [0, 0.05) is 24.5 Å². The summed E-state index contributed by atoms with van der Waals surface area (Å²) in [4.78, 5) is 27.6. The number of hydrogen-bond acceptors (Lipinski definition) is 6. The minimum Gasteiger partial charge on any atom is -0.338 e. The number of benzene rings is 1. The Morgan fingerprint density at radius 1 is 1.07 bits per heavy atom. The van der Waals surface area contributed by atoms with Crippen molar-refractivity contribution in [2.24, 2.45) is 0 Å². The molecule has 0 aliphatic rings. The molecule has 9 heteroatoms. The third-order valence-electron chi connectivity index (χ3n) is 4.24. The molecule has 2 heterocycles. The molecule has 29 heavy (non-hydrogen) atoms. The molecule has 8 nitrogen and oxygen atoms in total. The molecule has 0 atom stereocenters. The van der Waals surface area contributed by atoms with Crippen LogP contribution in [0.15, 0.2) is 47.9 Å². The number of hydrogen-bond donors (Lipinski definition) is 2. The number of pyridine rings is 1. The van der Waals surface area contributed by atoms with Gasteiger partial charge >= 0.3 is 6.03 Å². The Balaban J connectivity index is 1.91. The van der Waals surface area contributed by atoms with Crippen molar-refractivity contribution in [3.05, 3.63) is 53.9 Å². The maximum atomic E-state index is 12.1. The summed E-state index contributed by atoms with van der Waals surface area (Å²) in [6.07, 6.45) is 3.39. The van der Waals surface area contributed by atoms with Crippen molar-refractivity contribution in [3.63, 3.8) is 0 Å². The van der Waals surface area contributed by atoms with Crippen LogP contribution >= 0.6 is 11.8 Å². The van der Waals surface area contributed by atoms with Gasteiger partial charge < -0.3 is 5.32 Å². The Bertz CT molecular complexity index is 1020. The Morgan fingerprint density at radius 3 is 2.52 bits per heavy atom. The van der Waals surface area contributed by atoms with Crippen LogP contribution in [0.2, 0.25) is 0 Å². The molecule has 2 N–H and O–H groups in total. The van der Waals surface area contributed by atoms with Gasteiger partial charge in [-0.1, -0.05) is 17.8 Å². The number of carbonyl (C=O) groups excluding carboxylic acids is 2. The van der Waals surface area contributed by atoms with Crippen LogP contribution in [0.5, 0.6) is 0 Å². The Morgan fingerprint density at radius 2 is 1.83 bits per heavy atom. The van der Waals surface area contributed by atoms with E-state index in [4.69, 9.17) is 0 Å². The molecule has 0 saturated heterocycles. The average Bonchev–Trinajstić information content (AvgIpc) is 3.13. The zero-order valence-electron chi connectivity index (χ0n) is 16.5. The molecule has 0 fully saturated rings. The van der Waals surface area contributed by atoms with E-state index in [1.165, 1.54) is 17.3 Å². The molecule has 3 amide bonds. The van der Waals surface area contributed by atoms with Gasteiger partial charge in [0.05, 0.1) is 11.4 Å². The first-order valence-corrected chi connectivity index (χ1v) is 10.1. The van der Waals surface area contributed by atoms with Gasteiger partial charge in [-0.15, -0.1) is 10.2 Å². The van der Waals surface area contributed by atoms with Gasteiger partial charge in [0.15, 0.2) is 11.0 Å². The summed E-state index contributed by atoms with van der Waals surface area (Å²) in [5.74, 6) is 0.291. The fourth-order valence-corrected chi connectivity index (χ4v) is 3.40. The summed E-state index contributed by atoms with van der Waals surface area (Å²) in [5, 5.41) is 14.0. The number of carbonyl (C=O) groups is 2. The second kappa shape index (κ2) is 9.33. The van der Waals surface area contributed by atoms with Crippen LogP contribution in [0.3, 0.4) is 0 Å². The van der Waals surface area contributed by atoms with Crippen molar-refractivity contribution in [2.75, 3.05) is 12.3 Å². The van der Waals surface area contributed by atoms with Crippen molar-refractivity contribution < 1.29 is 9.59 Å². The number of nitrogens with zero attached hydrogens (tertiary/aromatic N) is 4. The molecule has 0 saturated carbocycles. The van der Waals surface area contributed by atoms with Crippen molar-refractivity contribution >= 4 is 23.7 Å². The van der Waals surface area contributed by atoms with Gasteiger partial charge in [-0.05, 0) is 56.2 Å². The number of nitrogens with one attached hydrogen (secondary N) is 2. The summed E-state index contributed by atoms with van der Waals surface area (Å²) in [6.45, 7) is 6.33. The zero-order valence-corrected chi connectivity index (χ0v) is 17.3. The lowest BCUT2D eigenvalue weighted by Gasteiger charge is -2.12. The van der Waals surface area contributed by atoms with Gasteiger partial charge in [-0.3, -0.25) is 19.7 Å². The summed E-state index contributed by atoms with van der Waals surface area (Å²) >= 11 is 1.22. The maximum Gasteiger partial charge on any atom is 0.321 e. The summed E-state index contributed by atoms with van der Waals surface area (Å²) in [5.41, 5.74) is 4.09. The summed E-state index contributed by atoms with van der Waals surface area (Å²) in [7, 11) is 0. The van der Waals surface area contributed by atoms with Crippen molar-refractivity contribution in [3.8, 4) is 17.1 Å². The average molecular weight is 411 g/mol. The lowest BCUT2D eigenvalue weighted by atomic mass is 10.1. The third kappa shape index (κ3) is 5.00. The molecular formula is C20H22N6O2S. The second-order valence-electron chi connectivity index (χ2n) is 6.34. The smallest absolute Gasteiger partial charge is 0.321 e. The highest BCUT2D eigenvalue weighted by atomic mass is 32.2. The summed E-state index contributed by atoms with van der Waals surface area (Å²) in [6, 6.07) is 9.30. The minimum atomic E-state index is -0.508. The van der Waals surface area contributed by atoms with Gasteiger partial charge in [0.1, 0.15) is 0 Å². The molecule has 0 radical (unpaired) electrons. The van der Waals surface area contributed by atoms with Crippen LogP contribution < -0.4 is 10.6 Å². The third-order valence-corrected chi connectivity index (χ3v) is 5.17. The molecule has 0 bridgehead atoms. The Hall–Kier alpha value is -3.20. The molecule has 0 aliphatic heterocycles. The SMILES string of the molecule is CCNC(=O)NC(=O)CSc1nnc(-c2ccncc2)n1-c1ccc(C)c(C)c1. The Labute approximate surface area is 173 Å². The lowest BCUT2D eigenvalue weighted by molar-refractivity contribution is -0.117. The van der Waals surface area contributed by atoms with Crippen molar-refractivity contribution in [2.45, 2.75) is 25.9 Å². The molecule has 0 spiro atoms. The van der Waals surface area contributed by atoms with Crippen molar-refractivity contribution in [1.82, 2.24) is 30.4 Å². The van der Waals surface area contributed by atoms with E-state index in [9.17, 15) is 9.59 Å². The topological polar surface area (TPSA) is 102 Å². The van der Waals surface area contributed by atoms with E-state index < -0.39 is 11.9 Å². The lowest BCUT2D eigenvalue weighted by Crippen LogP contribution is -2.40. The maximum absolute atomic E-state index is 12.1. The fraction of sp³-hybridized carbons (Fsp3) is 0.250. The fourth-order valence-electron chi connectivity index (χ4n) is 2.65. The molecular weight excluding hydrogens is 388 g/mol. The quantitative estimate of drug-likeness (QED) is 0.606. The highest BCUT2D eigenvalue weighted by molar-refractivity contribution is 7.99. The van der Waals surface area contributed by atoms with E-state index in [2.05, 4.69) is 38.8 Å². The Kier molecular flexibility index (Phi) is 6.61. The number of imide groups is 1. The van der Waals surface area contributed by atoms with E-state index in [-0.39, 0.29) is 5.75 Å². The molecule has 1 aromatic carbocycles. The first kappa shape index (κ1) is 20.5. The van der Waals surface area contributed by atoms with Crippen molar-refractivity contribution in [1.29, 1.82) is 0 Å². The van der Waals surface area contributed by atoms with Gasteiger partial charge in [0.25, 0.3) is 0 Å². The van der Waals surface area contributed by atoms with Crippen LogP contribution in [-0.4, -0.2) is 44.0 Å². The van der Waals surface area contributed by atoms with E-state index in [1.54, 1.807) is 19.3 Å². The minimum absolute atomic E-state index is 0.0382. The van der Waals surface area contributed by atoms with Crippen LogP contribution in [-0.2, 0) is 4.79 Å². The van der Waals surface area contributed by atoms with E-state index in [0.717, 1.165) is 16.8 Å². The first-order chi connectivity index (χ1) is 14.0. The normalized spacial score (nSPS) is 10.6. The number of urea groups is 1. The van der Waals surface area contributed by atoms with E-state index in [0.29, 0.717) is 17.5 Å². The molecule has 2 aromatic heterocycles. The van der Waals surface area contributed by atoms with Crippen LogP contribution in [0, 0.1) is 13.8 Å². The molecule has 3 rings (SSSR count). The monoisotopic (exact) mass is 410 g/mol. The van der Waals surface area contributed by atoms with Gasteiger partial charge in [-0.25, -0.2) is 4.79 Å². The number of rotatable bonds is 6. The largest absolute Gasteiger partial charge is 0.338 e. The van der Waals surface area contributed by atoms with E-state index >= 15 is 0 Å². The number of aryl methyl sites for hydroxylation is 2. The second-order valence-corrected chi connectivity index (χ2v) is 7.28. The van der Waals surface area contributed by atoms with E-state index in [1.807, 2.05) is 35.8 Å². The number of amides is 3. The van der Waals surface area contributed by atoms with Crippen LogP contribution in [0.25, 0.3) is 17.1 Å². The van der Waals surface area contributed by atoms with Gasteiger partial charge in [-0.2, -0.15) is 0 Å². The summed E-state index contributed by atoms with van der Waals surface area (Å²) < 4.78 is 1.91. The number of aromatic nitrogens is 4. The predicted octanol–water partition coefficient (Wildman–Crippen LogP) is 2.88. The first-order valence-electron chi connectivity index (χ1n) is 9.13. The molecule has 3 aromatic rings. The molecule has 0 unspecified atom stereocenters. The molecule has 150 valence electrons. The predicted molar refractivity (Wildman–Crippen MR) is 112 cm³/mol. The highest BCUT2D eigenvalue weighted by Gasteiger charge is 2.18. The van der Waals surface area contributed by atoms with Crippen LogP contribution in [0.1, 0.15) is 18.1 Å². The standard InChI is InChI=1S/C20H22N6O2S/c1-4-22-19(28)23-17(27)12-29-20-25-24-18(15-7-9-21-10-8-15)26(20)16-6-5-13(2)14(3)11-16/h5-11H,4,12H2,1-3H3,(H2,22,23,27,28). The number of thioether (sulfide) groups is 1. The zero-order chi connectivity index (χ0) is 20.8. The van der Waals surface area contributed by atoms with Crippen LogP contribution in [0.4, 0.5) is 4.79 Å². The highest BCUT2D eigenvalue weighted by Crippen LogP contribution is 2.28. The van der Waals surface area contributed by atoms with Gasteiger partial charge in [0.2, 0.25) is 5.91 Å². The molecule has 0 aliphatic carbocycles.